The van der Waals surface area contributed by atoms with Crippen molar-refractivity contribution in [2.75, 3.05) is 22.5 Å². The Morgan fingerprint density at radius 1 is 1.24 bits per heavy atom. The van der Waals surface area contributed by atoms with Crippen LogP contribution in [0.3, 0.4) is 0 Å². The first kappa shape index (κ1) is 19.0. The number of nitrogens with zero attached hydrogens (tertiary/aromatic N) is 3. The van der Waals surface area contributed by atoms with Crippen molar-refractivity contribution in [1.82, 2.24) is 4.98 Å². The summed E-state index contributed by atoms with van der Waals surface area (Å²) in [4.78, 5) is 30.9. The number of benzene rings is 2. The number of thioether (sulfide) groups is 1. The summed E-state index contributed by atoms with van der Waals surface area (Å²) in [5, 5.41) is 13.7. The summed E-state index contributed by atoms with van der Waals surface area (Å²) >= 11 is 1.22. The highest BCUT2D eigenvalue weighted by atomic mass is 32.2. The van der Waals surface area contributed by atoms with Gasteiger partial charge in [-0.05, 0) is 55.3 Å². The van der Waals surface area contributed by atoms with Crippen LogP contribution < -0.4 is 10.2 Å². The Kier molecular flexibility index (Phi) is 4.95. The van der Waals surface area contributed by atoms with Crippen molar-refractivity contribution in [3.63, 3.8) is 0 Å². The third-order valence-electron chi connectivity index (χ3n) is 4.92. The van der Waals surface area contributed by atoms with Crippen LogP contribution in [0.5, 0.6) is 0 Å². The normalized spacial score (nSPS) is 13.0. The zero-order valence-corrected chi connectivity index (χ0v) is 16.8. The Morgan fingerprint density at radius 3 is 2.79 bits per heavy atom. The van der Waals surface area contributed by atoms with Crippen LogP contribution in [-0.4, -0.2) is 29.1 Å². The fourth-order valence-electron chi connectivity index (χ4n) is 3.28. The molecule has 2 amide bonds. The van der Waals surface area contributed by atoms with E-state index in [1.807, 2.05) is 44.2 Å². The van der Waals surface area contributed by atoms with Crippen molar-refractivity contribution >= 4 is 45.9 Å². The summed E-state index contributed by atoms with van der Waals surface area (Å²) < 4.78 is 0. The van der Waals surface area contributed by atoms with E-state index in [-0.39, 0.29) is 24.1 Å². The number of hydrogen-bond donors (Lipinski definition) is 1. The summed E-state index contributed by atoms with van der Waals surface area (Å²) in [5.41, 5.74) is 4.80. The van der Waals surface area contributed by atoms with E-state index < -0.39 is 0 Å². The molecule has 0 fully saturated rings. The Bertz CT molecular complexity index is 1200. The fraction of sp³-hybridized carbons (Fsp3) is 0.182. The van der Waals surface area contributed by atoms with Crippen LogP contribution in [0.25, 0.3) is 10.9 Å². The molecule has 7 heteroatoms. The predicted octanol–water partition coefficient (Wildman–Crippen LogP) is 3.80. The highest BCUT2D eigenvalue weighted by Gasteiger charge is 2.26. The first-order valence-corrected chi connectivity index (χ1v) is 10.1. The third-order valence-corrected chi connectivity index (χ3v) is 5.90. The van der Waals surface area contributed by atoms with Crippen LogP contribution in [-0.2, 0) is 9.59 Å². The largest absolute Gasteiger partial charge is 0.323 e. The van der Waals surface area contributed by atoms with Gasteiger partial charge in [-0.3, -0.25) is 9.59 Å². The second-order valence-electron chi connectivity index (χ2n) is 6.92. The molecule has 0 atom stereocenters. The first-order chi connectivity index (χ1) is 14.0. The van der Waals surface area contributed by atoms with Gasteiger partial charge in [-0.25, -0.2) is 4.98 Å². The molecule has 2 heterocycles. The van der Waals surface area contributed by atoms with E-state index in [9.17, 15) is 14.9 Å². The van der Waals surface area contributed by atoms with Gasteiger partial charge in [0, 0.05) is 5.39 Å². The maximum atomic E-state index is 12.9. The molecule has 0 saturated carbocycles. The van der Waals surface area contributed by atoms with E-state index in [1.165, 1.54) is 16.7 Å². The molecule has 3 aromatic rings. The maximum Gasteiger partial charge on any atom is 0.244 e. The minimum Gasteiger partial charge on any atom is -0.323 e. The summed E-state index contributed by atoms with van der Waals surface area (Å²) in [6.45, 7) is 4.02. The monoisotopic (exact) mass is 402 g/mol. The van der Waals surface area contributed by atoms with Gasteiger partial charge in [-0.2, -0.15) is 5.26 Å². The van der Waals surface area contributed by atoms with Gasteiger partial charge in [-0.15, -0.1) is 0 Å². The second kappa shape index (κ2) is 7.57. The number of pyridine rings is 1. The van der Waals surface area contributed by atoms with E-state index in [4.69, 9.17) is 0 Å². The number of nitriles is 1. The molecule has 1 aliphatic rings. The standard InChI is InChI=1S/C22H18N4O2S/c1-13-7-15-9-16(10-23)22(25-18(15)8-14(13)2)29-12-21(28)26-11-20(27)24-17-5-3-4-6-19(17)26/h3-9H,11-12H2,1-2H3,(H,24,27). The lowest BCUT2D eigenvalue weighted by molar-refractivity contribution is -0.120. The first-order valence-electron chi connectivity index (χ1n) is 9.10. The molecule has 0 aliphatic carbocycles. The van der Waals surface area contributed by atoms with Gasteiger partial charge in [0.1, 0.15) is 17.6 Å². The minimum atomic E-state index is -0.227. The third kappa shape index (κ3) is 3.67. The molecule has 0 spiro atoms. The zero-order valence-electron chi connectivity index (χ0n) is 16.0. The molecular weight excluding hydrogens is 384 g/mol. The average Bonchev–Trinajstić information content (AvgIpc) is 2.71. The minimum absolute atomic E-state index is 0.0227. The highest BCUT2D eigenvalue weighted by Crippen LogP contribution is 2.31. The number of nitrogens with one attached hydrogen (secondary N) is 1. The molecule has 1 aromatic heterocycles. The maximum absolute atomic E-state index is 12.9. The van der Waals surface area contributed by atoms with Crippen LogP contribution in [0.4, 0.5) is 11.4 Å². The summed E-state index contributed by atoms with van der Waals surface area (Å²) in [5.74, 6) is -0.350. The number of rotatable bonds is 3. The molecule has 1 N–H and O–H groups in total. The van der Waals surface area contributed by atoms with Crippen LogP contribution in [0, 0.1) is 25.2 Å². The fourth-order valence-corrected chi connectivity index (χ4v) is 4.12. The van der Waals surface area contributed by atoms with Gasteiger partial charge in [0.25, 0.3) is 0 Å². The van der Waals surface area contributed by atoms with Gasteiger partial charge in [0.05, 0.1) is 28.2 Å². The van der Waals surface area contributed by atoms with Crippen molar-refractivity contribution in [1.29, 1.82) is 5.26 Å². The van der Waals surface area contributed by atoms with E-state index in [0.717, 1.165) is 22.0 Å². The Morgan fingerprint density at radius 2 is 2.00 bits per heavy atom. The molecule has 4 rings (SSSR count). The van der Waals surface area contributed by atoms with E-state index in [1.54, 1.807) is 12.1 Å². The van der Waals surface area contributed by atoms with Crippen molar-refractivity contribution in [3.8, 4) is 6.07 Å². The van der Waals surface area contributed by atoms with Crippen molar-refractivity contribution in [2.45, 2.75) is 18.9 Å². The number of amides is 2. The van der Waals surface area contributed by atoms with Gasteiger partial charge in [0.2, 0.25) is 11.8 Å². The number of aromatic nitrogens is 1. The molecular formula is C22H18N4O2S. The number of fused-ring (bicyclic) bond motifs is 2. The lowest BCUT2D eigenvalue weighted by atomic mass is 10.1. The number of carbonyl (C=O) groups excluding carboxylic acids is 2. The molecule has 2 aromatic carbocycles. The lowest BCUT2D eigenvalue weighted by Crippen LogP contribution is -2.43. The highest BCUT2D eigenvalue weighted by molar-refractivity contribution is 8.00. The SMILES string of the molecule is Cc1cc2cc(C#N)c(SCC(=O)N3CC(=O)Nc4ccccc43)nc2cc1C. The molecule has 0 unspecified atom stereocenters. The van der Waals surface area contributed by atoms with Gasteiger partial charge >= 0.3 is 0 Å². The van der Waals surface area contributed by atoms with Crippen molar-refractivity contribution < 1.29 is 9.59 Å². The molecule has 144 valence electrons. The van der Waals surface area contributed by atoms with Gasteiger partial charge in [-0.1, -0.05) is 23.9 Å². The Balaban J connectivity index is 1.60. The van der Waals surface area contributed by atoms with Gasteiger partial charge in [0.15, 0.2) is 0 Å². The number of para-hydroxylation sites is 2. The Labute approximate surface area is 172 Å². The predicted molar refractivity (Wildman–Crippen MR) is 114 cm³/mol. The summed E-state index contributed by atoms with van der Waals surface area (Å²) in [7, 11) is 0. The quantitative estimate of drug-likeness (QED) is 0.674. The number of hydrogen-bond acceptors (Lipinski definition) is 5. The zero-order chi connectivity index (χ0) is 20.5. The number of aryl methyl sites for hydroxylation is 2. The molecule has 1 aliphatic heterocycles. The molecule has 6 nitrogen and oxygen atoms in total. The summed E-state index contributed by atoms with van der Waals surface area (Å²) in [6.07, 6.45) is 0. The second-order valence-corrected chi connectivity index (χ2v) is 7.88. The van der Waals surface area contributed by atoms with E-state index in [2.05, 4.69) is 16.4 Å². The van der Waals surface area contributed by atoms with Gasteiger partial charge < -0.3 is 10.2 Å². The Hall–Kier alpha value is -3.37. The van der Waals surface area contributed by atoms with Crippen LogP contribution in [0.15, 0.2) is 47.5 Å². The summed E-state index contributed by atoms with van der Waals surface area (Å²) in [6, 6.07) is 15.2. The van der Waals surface area contributed by atoms with Crippen LogP contribution in [0.1, 0.15) is 16.7 Å². The molecule has 0 saturated heterocycles. The van der Waals surface area contributed by atoms with Crippen molar-refractivity contribution in [2.24, 2.45) is 0 Å². The number of carbonyl (C=O) groups is 2. The van der Waals surface area contributed by atoms with Crippen LogP contribution in [0.2, 0.25) is 0 Å². The molecule has 29 heavy (non-hydrogen) atoms. The lowest BCUT2D eigenvalue weighted by Gasteiger charge is -2.29. The number of anilines is 2. The average molecular weight is 402 g/mol. The molecule has 0 bridgehead atoms. The van der Waals surface area contributed by atoms with Crippen LogP contribution >= 0.6 is 11.8 Å². The molecule has 0 radical (unpaired) electrons. The topological polar surface area (TPSA) is 86.1 Å². The van der Waals surface area contributed by atoms with E-state index in [0.29, 0.717) is 22.0 Å². The van der Waals surface area contributed by atoms with Crippen molar-refractivity contribution in [3.05, 3.63) is 59.2 Å². The smallest absolute Gasteiger partial charge is 0.244 e. The van der Waals surface area contributed by atoms with E-state index >= 15 is 0 Å².